The Bertz CT molecular complexity index is 2330. The monoisotopic (exact) mass is 1140 g/mol. The van der Waals surface area contributed by atoms with Crippen molar-refractivity contribution in [2.75, 3.05) is 105 Å². The van der Waals surface area contributed by atoms with Crippen molar-refractivity contribution in [3.05, 3.63) is 0 Å². The molecule has 6 saturated carbocycles. The van der Waals surface area contributed by atoms with Crippen LogP contribution in [0.25, 0.3) is 0 Å². The molecule has 0 aromatic carbocycles. The molecule has 18 saturated heterocycles. The number of fused-ring (bicyclic) bond motifs is 2. The Morgan fingerprint density at radius 1 is 0.373 bits per heavy atom. The van der Waals surface area contributed by atoms with Crippen LogP contribution in [0, 0.1) is 90.7 Å². The SMILES string of the molecule is CC(C)N1CC2(CCC(N3CC4(CCC(C(C)(C)C5(C)C6CN(C6)C6CCC7(CC6)CN(C7)C(C)(C)C(C)(C)N6CCC7(CC6)CC(C7)N6CC(C6)C5(C)C(C)(C)C5CC6CN(C7CC8CN(C(C)(C)C)CC8C7)CC6C5)CC4)C3)CC2)C1. The molecule has 24 rings (SSSR count). The van der Waals surface area contributed by atoms with Crippen LogP contribution in [0.4, 0.5) is 0 Å². The molecule has 8 heteroatoms. The smallest absolute Gasteiger partial charge is 0.0332 e. The van der Waals surface area contributed by atoms with Crippen LogP contribution in [0.5, 0.6) is 0 Å². The van der Waals surface area contributed by atoms with Crippen molar-refractivity contribution in [3.8, 4) is 0 Å². The summed E-state index contributed by atoms with van der Waals surface area (Å²) in [5, 5.41) is 0. The van der Waals surface area contributed by atoms with Gasteiger partial charge in [0.25, 0.3) is 0 Å². The average Bonchev–Trinajstić information content (AvgIpc) is 1.61. The number of nitrogens with zero attached hydrogens (tertiary/aromatic N) is 8. The van der Waals surface area contributed by atoms with E-state index < -0.39 is 0 Å². The fraction of sp³-hybridized carbons (Fsp3) is 1.00. The predicted molar refractivity (Wildman–Crippen MR) is 345 cm³/mol. The third-order valence-corrected chi connectivity index (χ3v) is 34.0. The van der Waals surface area contributed by atoms with Gasteiger partial charge >= 0.3 is 0 Å². The van der Waals surface area contributed by atoms with Gasteiger partial charge in [-0.1, -0.05) is 41.5 Å². The zero-order valence-electron chi connectivity index (χ0n) is 57.0. The highest BCUT2D eigenvalue weighted by atomic mass is 15.3. The molecule has 18 aliphatic heterocycles. The summed E-state index contributed by atoms with van der Waals surface area (Å²) < 4.78 is 0. The van der Waals surface area contributed by atoms with Crippen molar-refractivity contribution in [3.63, 3.8) is 0 Å². The van der Waals surface area contributed by atoms with E-state index in [1.807, 2.05) is 0 Å². The van der Waals surface area contributed by atoms with Gasteiger partial charge in [-0.05, 0) is 294 Å². The van der Waals surface area contributed by atoms with Crippen LogP contribution in [0.3, 0.4) is 0 Å². The van der Waals surface area contributed by atoms with Crippen LogP contribution in [0.1, 0.15) is 232 Å². The van der Waals surface area contributed by atoms with Crippen molar-refractivity contribution in [2.24, 2.45) is 90.7 Å². The summed E-state index contributed by atoms with van der Waals surface area (Å²) in [6.07, 6.45) is 29.5. The van der Waals surface area contributed by atoms with Gasteiger partial charge in [-0.2, -0.15) is 0 Å². The first kappa shape index (κ1) is 59.0. The second-order valence-corrected chi connectivity index (χ2v) is 39.2. The van der Waals surface area contributed by atoms with E-state index in [1.54, 1.807) is 0 Å². The van der Waals surface area contributed by atoms with E-state index in [4.69, 9.17) is 0 Å². The summed E-state index contributed by atoms with van der Waals surface area (Å²) in [5.74, 6) is 6.92. The van der Waals surface area contributed by atoms with Crippen molar-refractivity contribution in [1.82, 2.24) is 39.2 Å². The molecule has 24 fully saturated rings. The molecule has 83 heavy (non-hydrogen) atoms. The summed E-state index contributed by atoms with van der Waals surface area (Å²) >= 11 is 0. The average molecular weight is 1140 g/mol. The Balaban J connectivity index is 0.695. The van der Waals surface area contributed by atoms with Gasteiger partial charge in [0.15, 0.2) is 0 Å². The Kier molecular flexibility index (Phi) is 13.9. The maximum absolute atomic E-state index is 3.13. The fourth-order valence-electron chi connectivity index (χ4n) is 26.2. The number of hydrogen-bond donors (Lipinski definition) is 0. The maximum atomic E-state index is 3.13. The molecule has 4 spiro atoms. The Morgan fingerprint density at radius 3 is 1.28 bits per heavy atom. The van der Waals surface area contributed by atoms with E-state index in [1.165, 1.54) is 233 Å². The number of hydrogen-bond acceptors (Lipinski definition) is 8. The molecular weight excluding hydrogens is 1010 g/mol. The molecule has 6 unspecified atom stereocenters. The molecule has 0 radical (unpaired) electrons. The largest absolute Gasteiger partial charge is 0.300 e. The van der Waals surface area contributed by atoms with Crippen molar-refractivity contribution in [2.45, 2.75) is 279 Å². The molecule has 8 nitrogen and oxygen atoms in total. The zero-order chi connectivity index (χ0) is 58.1. The highest BCUT2D eigenvalue weighted by Gasteiger charge is 2.72. The van der Waals surface area contributed by atoms with Crippen molar-refractivity contribution < 1.29 is 0 Å². The van der Waals surface area contributed by atoms with Crippen LogP contribution >= 0.6 is 0 Å². The van der Waals surface area contributed by atoms with Crippen molar-refractivity contribution >= 4 is 0 Å². The quantitative estimate of drug-likeness (QED) is 0.249. The number of likely N-dealkylation sites (tertiary alicyclic amines) is 4. The molecule has 470 valence electrons. The molecule has 6 atom stereocenters. The topological polar surface area (TPSA) is 25.9 Å². The molecule has 18 heterocycles. The molecule has 0 aromatic heterocycles. The van der Waals surface area contributed by atoms with Crippen LogP contribution in [-0.2, 0) is 0 Å². The van der Waals surface area contributed by atoms with Crippen LogP contribution in [-0.4, -0.2) is 191 Å². The molecule has 24 aliphatic rings. The van der Waals surface area contributed by atoms with Gasteiger partial charge in [-0.25, -0.2) is 0 Å². The van der Waals surface area contributed by atoms with Crippen molar-refractivity contribution in [1.29, 1.82) is 0 Å². The van der Waals surface area contributed by atoms with Gasteiger partial charge in [-0.3, -0.25) is 39.2 Å². The molecule has 0 N–H and O–H groups in total. The van der Waals surface area contributed by atoms with Gasteiger partial charge in [0.05, 0.1) is 0 Å². The second kappa shape index (κ2) is 19.6. The predicted octanol–water partition coefficient (Wildman–Crippen LogP) is 13.6. The Morgan fingerprint density at radius 2 is 0.783 bits per heavy atom. The second-order valence-electron chi connectivity index (χ2n) is 39.2. The minimum absolute atomic E-state index is 0.187. The van der Waals surface area contributed by atoms with Crippen LogP contribution in [0.15, 0.2) is 0 Å². The third kappa shape index (κ3) is 8.88. The lowest BCUT2D eigenvalue weighted by Crippen LogP contribution is -2.76. The first-order valence-electron chi connectivity index (χ1n) is 37.0. The van der Waals surface area contributed by atoms with Gasteiger partial charge in [0.2, 0.25) is 0 Å². The third-order valence-electron chi connectivity index (χ3n) is 34.0. The Hall–Kier alpha value is -0.320. The van der Waals surface area contributed by atoms with Gasteiger partial charge in [0, 0.05) is 138 Å². The Labute approximate surface area is 511 Å². The lowest BCUT2D eigenvalue weighted by atomic mass is 9.34. The number of piperidine rings is 1. The van der Waals surface area contributed by atoms with E-state index in [9.17, 15) is 0 Å². The molecule has 0 amide bonds. The molecule has 6 aliphatic carbocycles. The van der Waals surface area contributed by atoms with E-state index in [-0.39, 0.29) is 32.7 Å². The minimum atomic E-state index is 0.187. The highest BCUT2D eigenvalue weighted by molar-refractivity contribution is 5.22. The molecule has 0 aromatic rings. The van der Waals surface area contributed by atoms with E-state index in [0.29, 0.717) is 27.2 Å². The maximum Gasteiger partial charge on any atom is 0.0332 e. The summed E-state index contributed by atoms with van der Waals surface area (Å²) in [4.78, 5) is 23.9. The summed E-state index contributed by atoms with van der Waals surface area (Å²) in [7, 11) is 0. The van der Waals surface area contributed by atoms with Gasteiger partial charge in [0.1, 0.15) is 0 Å². The van der Waals surface area contributed by atoms with Gasteiger partial charge in [-0.15, -0.1) is 0 Å². The minimum Gasteiger partial charge on any atom is -0.300 e. The molecular formula is C75H130N8. The van der Waals surface area contributed by atoms with Crippen LogP contribution in [0.2, 0.25) is 0 Å². The fourth-order valence-corrected chi connectivity index (χ4v) is 26.2. The summed E-state index contributed by atoms with van der Waals surface area (Å²) in [5.41, 5.74) is 4.18. The normalized spacial score (nSPS) is 49.0. The summed E-state index contributed by atoms with van der Waals surface area (Å²) in [6, 6.07) is 4.07. The standard InChI is InChI=1S/C75H130N8/c1-52(2)79-46-74(47-79)24-20-62(21-25-74)80-48-73(49-80)22-16-57(17-23-73)66(6,7)70(14)59-42-77(43-59)61-18-26-75(27-19-61)50-83(51-75)69(12,13)68(10,11)81-30-28-72(29-31-81)36-64(37-72)78-44-60(45-78)71(70,15)67(8,9)58-32-53-38-76(39-54(53)33-58)63-34-55-40-82(65(3,4)5)41-56(55)35-63/h52-64H,16-51H2,1-15H3. The highest BCUT2D eigenvalue weighted by Crippen LogP contribution is 2.75. The zero-order valence-corrected chi connectivity index (χ0v) is 57.0. The van der Waals surface area contributed by atoms with E-state index >= 15 is 0 Å². The van der Waals surface area contributed by atoms with E-state index in [2.05, 4.69) is 143 Å². The number of rotatable bonds is 7. The lowest BCUT2D eigenvalue weighted by molar-refractivity contribution is -0.267. The summed E-state index contributed by atoms with van der Waals surface area (Å²) in [6.45, 7) is 62.6. The lowest BCUT2D eigenvalue weighted by Gasteiger charge is -2.75. The molecule has 10 bridgehead atoms. The van der Waals surface area contributed by atoms with E-state index in [0.717, 1.165) is 77.6 Å². The first-order valence-corrected chi connectivity index (χ1v) is 37.0. The van der Waals surface area contributed by atoms with Crippen LogP contribution < -0.4 is 0 Å². The van der Waals surface area contributed by atoms with Gasteiger partial charge < -0.3 is 0 Å². The first-order chi connectivity index (χ1) is 39.0.